The van der Waals surface area contributed by atoms with Crippen LogP contribution in [0.25, 0.3) is 5.69 Å². The summed E-state index contributed by atoms with van der Waals surface area (Å²) in [7, 11) is 0. The molecule has 21 heavy (non-hydrogen) atoms. The highest BCUT2D eigenvalue weighted by Crippen LogP contribution is 2.41. The van der Waals surface area contributed by atoms with Gasteiger partial charge >= 0.3 is 6.36 Å². The van der Waals surface area contributed by atoms with E-state index in [1.807, 2.05) is 0 Å². The van der Waals surface area contributed by atoms with Gasteiger partial charge in [-0.3, -0.25) is 9.67 Å². The molecule has 1 aromatic carbocycles. The monoisotopic (exact) mass is 379 g/mol. The zero-order valence-electron chi connectivity index (χ0n) is 10.4. The van der Waals surface area contributed by atoms with Crippen molar-refractivity contribution in [3.05, 3.63) is 33.3 Å². The first-order chi connectivity index (χ1) is 9.85. The van der Waals surface area contributed by atoms with Crippen LogP contribution in [0.2, 0.25) is 0 Å². The molecule has 1 saturated carbocycles. The van der Waals surface area contributed by atoms with Crippen LogP contribution in [0.5, 0.6) is 5.75 Å². The molecule has 0 amide bonds. The summed E-state index contributed by atoms with van der Waals surface area (Å²) in [5.41, 5.74) is 0.219. The molecule has 9 heteroatoms. The van der Waals surface area contributed by atoms with Gasteiger partial charge in [0, 0.05) is 10.4 Å². The third-order valence-corrected chi connectivity index (χ3v) is 3.80. The lowest BCUT2D eigenvalue weighted by molar-refractivity contribution is -0.274. The van der Waals surface area contributed by atoms with Gasteiger partial charge in [-0.2, -0.15) is 5.10 Å². The number of aromatic nitrogens is 3. The van der Waals surface area contributed by atoms with Gasteiger partial charge in [0.25, 0.3) is 0 Å². The standard InChI is InChI=1S/C12H9BrF3N3OS/c13-7-3-4-8(9(5-7)20-12(14,15)16)19-10(6-1-2-6)17-18-11(19)21/h3-6H,1-2H2,(H,18,21). The van der Waals surface area contributed by atoms with E-state index in [-0.39, 0.29) is 22.1 Å². The first-order valence-corrected chi connectivity index (χ1v) is 7.28. The van der Waals surface area contributed by atoms with Gasteiger partial charge in [0.1, 0.15) is 5.82 Å². The number of nitrogens with one attached hydrogen (secondary N) is 1. The Kier molecular flexibility index (Phi) is 3.56. The summed E-state index contributed by atoms with van der Waals surface area (Å²) in [5.74, 6) is 0.533. The van der Waals surface area contributed by atoms with Gasteiger partial charge in [0.2, 0.25) is 0 Å². The van der Waals surface area contributed by atoms with E-state index < -0.39 is 6.36 Å². The van der Waals surface area contributed by atoms with E-state index in [4.69, 9.17) is 12.2 Å². The van der Waals surface area contributed by atoms with Crippen LogP contribution in [0.15, 0.2) is 22.7 Å². The van der Waals surface area contributed by atoms with Gasteiger partial charge < -0.3 is 4.74 Å². The summed E-state index contributed by atoms with van der Waals surface area (Å²) >= 11 is 8.27. The number of alkyl halides is 3. The number of hydrogen-bond donors (Lipinski definition) is 1. The first kappa shape index (κ1) is 14.6. The number of hydrogen-bond acceptors (Lipinski definition) is 3. The molecule has 3 rings (SSSR count). The fourth-order valence-corrected chi connectivity index (χ4v) is 2.61. The fraction of sp³-hybridized carbons (Fsp3) is 0.333. The maximum Gasteiger partial charge on any atom is 0.573 e. The Morgan fingerprint density at radius 3 is 2.71 bits per heavy atom. The number of H-pyrrole nitrogens is 1. The Labute approximate surface area is 131 Å². The molecule has 1 fully saturated rings. The van der Waals surface area contributed by atoms with E-state index in [0.717, 1.165) is 12.8 Å². The van der Waals surface area contributed by atoms with Crippen molar-refractivity contribution in [1.29, 1.82) is 0 Å². The van der Waals surface area contributed by atoms with Gasteiger partial charge in [-0.1, -0.05) is 15.9 Å². The SMILES string of the molecule is FC(F)(F)Oc1cc(Br)ccc1-n1c(C2CC2)n[nH]c1=S. The predicted molar refractivity (Wildman–Crippen MR) is 75.1 cm³/mol. The molecule has 0 saturated heterocycles. The Morgan fingerprint density at radius 2 is 2.10 bits per heavy atom. The molecule has 112 valence electrons. The quantitative estimate of drug-likeness (QED) is 0.800. The van der Waals surface area contributed by atoms with E-state index in [2.05, 4.69) is 30.9 Å². The van der Waals surface area contributed by atoms with Crippen molar-refractivity contribution in [3.63, 3.8) is 0 Å². The van der Waals surface area contributed by atoms with Gasteiger partial charge in [-0.05, 0) is 43.3 Å². The Bertz CT molecular complexity index is 736. The second-order valence-electron chi connectivity index (χ2n) is 4.66. The average molecular weight is 380 g/mol. The molecule has 0 unspecified atom stereocenters. The van der Waals surface area contributed by atoms with Crippen molar-refractivity contribution in [3.8, 4) is 11.4 Å². The molecule has 1 aliphatic carbocycles. The maximum absolute atomic E-state index is 12.6. The van der Waals surface area contributed by atoms with Crippen LogP contribution in [-0.2, 0) is 0 Å². The minimum Gasteiger partial charge on any atom is -0.403 e. The van der Waals surface area contributed by atoms with Gasteiger partial charge in [0.15, 0.2) is 10.5 Å². The minimum atomic E-state index is -4.78. The second-order valence-corrected chi connectivity index (χ2v) is 5.96. The van der Waals surface area contributed by atoms with Gasteiger partial charge in [-0.25, -0.2) is 0 Å². The normalized spacial score (nSPS) is 15.2. The summed E-state index contributed by atoms with van der Waals surface area (Å²) in [6, 6.07) is 4.40. The van der Waals surface area contributed by atoms with Crippen LogP contribution in [-0.4, -0.2) is 21.1 Å². The molecule has 1 N–H and O–H groups in total. The second kappa shape index (κ2) is 5.13. The number of aromatic amines is 1. The van der Waals surface area contributed by atoms with Crippen LogP contribution in [0.3, 0.4) is 0 Å². The third kappa shape index (κ3) is 3.13. The van der Waals surface area contributed by atoms with Crippen molar-refractivity contribution < 1.29 is 17.9 Å². The molecule has 0 aliphatic heterocycles. The fourth-order valence-electron chi connectivity index (χ4n) is 2.04. The highest BCUT2D eigenvalue weighted by molar-refractivity contribution is 9.10. The number of halogens is 4. The number of benzene rings is 1. The van der Waals surface area contributed by atoms with E-state index in [1.165, 1.54) is 16.7 Å². The number of ether oxygens (including phenoxy) is 1. The van der Waals surface area contributed by atoms with Gasteiger partial charge in [-0.15, -0.1) is 13.2 Å². The molecule has 1 aliphatic rings. The van der Waals surface area contributed by atoms with E-state index in [1.54, 1.807) is 6.07 Å². The summed E-state index contributed by atoms with van der Waals surface area (Å²) in [4.78, 5) is 0. The van der Waals surface area contributed by atoms with E-state index >= 15 is 0 Å². The highest BCUT2D eigenvalue weighted by atomic mass is 79.9. The van der Waals surface area contributed by atoms with Crippen molar-refractivity contribution in [1.82, 2.24) is 14.8 Å². The molecular weight excluding hydrogens is 371 g/mol. The largest absolute Gasteiger partial charge is 0.573 e. The van der Waals surface area contributed by atoms with Crippen LogP contribution < -0.4 is 4.74 Å². The molecule has 1 heterocycles. The molecule has 0 spiro atoms. The lowest BCUT2D eigenvalue weighted by atomic mass is 10.2. The zero-order valence-corrected chi connectivity index (χ0v) is 12.8. The number of nitrogens with zero attached hydrogens (tertiary/aromatic N) is 2. The molecular formula is C12H9BrF3N3OS. The minimum absolute atomic E-state index is 0.219. The van der Waals surface area contributed by atoms with E-state index in [0.29, 0.717) is 10.3 Å². The molecule has 0 atom stereocenters. The zero-order chi connectivity index (χ0) is 15.2. The molecule has 4 nitrogen and oxygen atoms in total. The maximum atomic E-state index is 12.6. The number of rotatable bonds is 3. The summed E-state index contributed by atoms with van der Waals surface area (Å²) in [5, 5.41) is 6.74. The third-order valence-electron chi connectivity index (χ3n) is 3.03. The van der Waals surface area contributed by atoms with Crippen molar-refractivity contribution in [2.45, 2.75) is 25.1 Å². The van der Waals surface area contributed by atoms with Crippen molar-refractivity contribution >= 4 is 28.1 Å². The average Bonchev–Trinajstić information content (AvgIpc) is 3.13. The van der Waals surface area contributed by atoms with Crippen LogP contribution in [0.4, 0.5) is 13.2 Å². The Morgan fingerprint density at radius 1 is 1.38 bits per heavy atom. The molecule has 0 bridgehead atoms. The summed E-state index contributed by atoms with van der Waals surface area (Å²) in [6.45, 7) is 0. The lowest BCUT2D eigenvalue weighted by Crippen LogP contribution is -2.18. The molecule has 1 aromatic heterocycles. The Hall–Kier alpha value is -1.35. The predicted octanol–water partition coefficient (Wildman–Crippen LogP) is 4.47. The van der Waals surface area contributed by atoms with Crippen molar-refractivity contribution in [2.24, 2.45) is 0 Å². The lowest BCUT2D eigenvalue weighted by Gasteiger charge is -2.15. The van der Waals surface area contributed by atoms with Crippen LogP contribution in [0, 0.1) is 4.77 Å². The Balaban J connectivity index is 2.14. The van der Waals surface area contributed by atoms with Crippen LogP contribution >= 0.6 is 28.1 Å². The van der Waals surface area contributed by atoms with E-state index in [9.17, 15) is 13.2 Å². The molecule has 0 radical (unpaired) electrons. The first-order valence-electron chi connectivity index (χ1n) is 6.08. The molecule has 2 aromatic rings. The van der Waals surface area contributed by atoms with Crippen molar-refractivity contribution in [2.75, 3.05) is 0 Å². The highest BCUT2D eigenvalue weighted by Gasteiger charge is 2.34. The summed E-state index contributed by atoms with van der Waals surface area (Å²) in [6.07, 6.45) is -2.88. The van der Waals surface area contributed by atoms with Gasteiger partial charge in [0.05, 0.1) is 5.69 Å². The topological polar surface area (TPSA) is 42.8 Å². The van der Waals surface area contributed by atoms with Crippen LogP contribution in [0.1, 0.15) is 24.6 Å². The smallest absolute Gasteiger partial charge is 0.403 e. The summed E-state index contributed by atoms with van der Waals surface area (Å²) < 4.78 is 44.0.